The van der Waals surface area contributed by atoms with E-state index in [1.165, 1.54) is 50.1 Å². The van der Waals surface area contributed by atoms with Crippen molar-refractivity contribution in [2.75, 3.05) is 0 Å². The molecule has 0 saturated heterocycles. The van der Waals surface area contributed by atoms with Gasteiger partial charge in [0.05, 0.1) is 0 Å². The fourth-order valence-corrected chi connectivity index (χ4v) is 3.74. The van der Waals surface area contributed by atoms with Crippen LogP contribution in [0, 0.1) is 27.7 Å². The molecule has 0 aliphatic rings. The Morgan fingerprint density at radius 1 is 0.577 bits per heavy atom. The molecule has 0 radical (unpaired) electrons. The molecule has 0 bridgehead atoms. The van der Waals surface area contributed by atoms with Gasteiger partial charge >= 0.3 is 0 Å². The summed E-state index contributed by atoms with van der Waals surface area (Å²) >= 11 is 0. The largest absolute Gasteiger partial charge is 0.153 e. The van der Waals surface area contributed by atoms with Gasteiger partial charge in [-0.3, -0.25) is 0 Å². The first-order valence-electron chi connectivity index (χ1n) is 9.81. The van der Waals surface area contributed by atoms with E-state index in [1.807, 2.05) is 0 Å². The van der Waals surface area contributed by atoms with E-state index in [4.69, 9.17) is 0 Å². The van der Waals surface area contributed by atoms with Gasteiger partial charge in [-0.25, -0.2) is 0 Å². The molecule has 0 spiro atoms. The predicted octanol–water partition coefficient (Wildman–Crippen LogP) is 8.02. The van der Waals surface area contributed by atoms with Crippen LogP contribution < -0.4 is 0 Å². The number of aryl methyl sites for hydroxylation is 1. The van der Waals surface area contributed by atoms with Gasteiger partial charge in [-0.1, -0.05) is 59.7 Å². The van der Waals surface area contributed by atoms with Gasteiger partial charge in [-0.05, 0) is 95.5 Å². The van der Waals surface area contributed by atoms with E-state index in [2.05, 4.69) is 87.4 Å². The summed E-state index contributed by atoms with van der Waals surface area (Å²) in [5.74, 6) is 1.60. The molecule has 0 fully saturated rings. The van der Waals surface area contributed by atoms with Crippen molar-refractivity contribution >= 4 is 9.90 Å². The van der Waals surface area contributed by atoms with Crippen LogP contribution in [0.5, 0.6) is 0 Å². The van der Waals surface area contributed by atoms with Crippen molar-refractivity contribution in [1.29, 1.82) is 0 Å². The van der Waals surface area contributed by atoms with Crippen molar-refractivity contribution in [2.24, 2.45) is 0 Å². The fraction of sp³-hybridized carbons (Fsp3) is 0.520. The zero-order valence-corrected chi connectivity index (χ0v) is 20.1. The van der Waals surface area contributed by atoms with Gasteiger partial charge in [-0.15, -0.1) is 0 Å². The van der Waals surface area contributed by atoms with Gasteiger partial charge in [0.25, 0.3) is 0 Å². The Balaban J connectivity index is 0.00000338. The molecule has 0 saturated carbocycles. The minimum atomic E-state index is 0. The molecule has 0 aliphatic carbocycles. The van der Waals surface area contributed by atoms with Gasteiger partial charge in [0.15, 0.2) is 0 Å². The highest BCUT2D eigenvalue weighted by atomic mass is 31.0. The smallest absolute Gasteiger partial charge is 0.0112 e. The Morgan fingerprint density at radius 3 is 1.42 bits per heavy atom. The van der Waals surface area contributed by atoms with E-state index in [1.54, 1.807) is 0 Å². The molecule has 0 aliphatic heterocycles. The predicted molar refractivity (Wildman–Crippen MR) is 124 cm³/mol. The van der Waals surface area contributed by atoms with Crippen molar-refractivity contribution in [2.45, 2.75) is 87.0 Å². The Kier molecular flexibility index (Phi) is 7.67. The number of hydrogen-bond acceptors (Lipinski definition) is 0. The van der Waals surface area contributed by atoms with E-state index in [0.717, 1.165) is 0 Å². The van der Waals surface area contributed by atoms with Crippen LogP contribution in [0.1, 0.15) is 98.2 Å². The van der Waals surface area contributed by atoms with Gasteiger partial charge in [0.1, 0.15) is 0 Å². The molecule has 0 heterocycles. The lowest BCUT2D eigenvalue weighted by molar-refractivity contribution is 0.807. The maximum atomic E-state index is 2.46. The second kappa shape index (κ2) is 8.71. The molecule has 0 nitrogen and oxygen atoms in total. The summed E-state index contributed by atoms with van der Waals surface area (Å²) in [7, 11) is 0. The first-order chi connectivity index (χ1) is 11.6. The summed E-state index contributed by atoms with van der Waals surface area (Å²) in [6.45, 7) is 23.0. The van der Waals surface area contributed by atoms with Crippen LogP contribution in [-0.4, -0.2) is 0 Å². The van der Waals surface area contributed by atoms with Crippen LogP contribution in [0.2, 0.25) is 0 Å². The standard InChI is InChI=1S/C25H36.H3P/c1-14(2)21-12-22(15(3)4)25(23(13-21)16(5)6)24-11-17(7)18(8)19(9)20(24)10;/h11-16H,1-10H3;1H3. The highest BCUT2D eigenvalue weighted by Crippen LogP contribution is 2.41. The molecule has 2 aromatic carbocycles. The number of hydrogen-bond donors (Lipinski definition) is 0. The highest BCUT2D eigenvalue weighted by Gasteiger charge is 2.21. The number of benzene rings is 2. The zero-order chi connectivity index (χ0) is 19.0. The second-order valence-electron chi connectivity index (χ2n) is 8.65. The van der Waals surface area contributed by atoms with Crippen LogP contribution in [0.25, 0.3) is 11.1 Å². The zero-order valence-electron chi connectivity index (χ0n) is 18.7. The lowest BCUT2D eigenvalue weighted by atomic mass is 9.79. The van der Waals surface area contributed by atoms with E-state index in [9.17, 15) is 0 Å². The van der Waals surface area contributed by atoms with Gasteiger partial charge in [-0.2, -0.15) is 9.90 Å². The topological polar surface area (TPSA) is 0 Å². The third kappa shape index (κ3) is 4.23. The maximum Gasteiger partial charge on any atom is -0.0112 e. The quantitative estimate of drug-likeness (QED) is 0.478. The molecular weight excluding hydrogens is 331 g/mol. The molecule has 1 unspecified atom stereocenters. The lowest BCUT2D eigenvalue weighted by Crippen LogP contribution is -2.05. The van der Waals surface area contributed by atoms with E-state index in [-0.39, 0.29) is 9.90 Å². The van der Waals surface area contributed by atoms with Crippen molar-refractivity contribution in [1.82, 2.24) is 0 Å². The van der Waals surface area contributed by atoms with Crippen molar-refractivity contribution in [3.8, 4) is 11.1 Å². The first kappa shape index (κ1) is 22.9. The van der Waals surface area contributed by atoms with Crippen LogP contribution in [0.4, 0.5) is 0 Å². The molecule has 0 aromatic heterocycles. The summed E-state index contributed by atoms with van der Waals surface area (Å²) in [5.41, 5.74) is 13.1. The Morgan fingerprint density at radius 2 is 1.04 bits per heavy atom. The lowest BCUT2D eigenvalue weighted by Gasteiger charge is -2.25. The summed E-state index contributed by atoms with van der Waals surface area (Å²) < 4.78 is 0. The third-order valence-corrected chi connectivity index (χ3v) is 5.88. The number of rotatable bonds is 4. The molecule has 2 rings (SSSR count). The molecule has 0 N–H and O–H groups in total. The van der Waals surface area contributed by atoms with E-state index >= 15 is 0 Å². The monoisotopic (exact) mass is 370 g/mol. The molecule has 1 atom stereocenters. The first-order valence-corrected chi connectivity index (χ1v) is 9.81. The Labute approximate surface area is 165 Å². The average molecular weight is 371 g/mol. The minimum Gasteiger partial charge on any atom is -0.153 e. The molecular formula is C25H39P. The van der Waals surface area contributed by atoms with E-state index in [0.29, 0.717) is 17.8 Å². The van der Waals surface area contributed by atoms with Crippen LogP contribution in [0.15, 0.2) is 18.2 Å². The minimum absolute atomic E-state index is 0. The van der Waals surface area contributed by atoms with Gasteiger partial charge in [0.2, 0.25) is 0 Å². The molecule has 0 amide bonds. The van der Waals surface area contributed by atoms with Crippen molar-refractivity contribution in [3.05, 3.63) is 57.1 Å². The van der Waals surface area contributed by atoms with Crippen molar-refractivity contribution < 1.29 is 0 Å². The highest BCUT2D eigenvalue weighted by molar-refractivity contribution is 6.92. The summed E-state index contributed by atoms with van der Waals surface area (Å²) in [4.78, 5) is 0. The molecule has 1 heteroatoms. The Hall–Kier alpha value is -1.13. The SMILES string of the molecule is Cc1cc(-c2c(C(C)C)cc(C(C)C)cc2C(C)C)c(C)c(C)c1C.P. The second-order valence-corrected chi connectivity index (χ2v) is 8.65. The summed E-state index contributed by atoms with van der Waals surface area (Å²) in [6.07, 6.45) is 0. The molecule has 2 aromatic rings. The molecule has 26 heavy (non-hydrogen) atoms. The van der Waals surface area contributed by atoms with Gasteiger partial charge in [0, 0.05) is 0 Å². The van der Waals surface area contributed by atoms with E-state index < -0.39 is 0 Å². The third-order valence-electron chi connectivity index (χ3n) is 5.88. The Bertz CT molecular complexity index is 750. The molecule has 144 valence electrons. The fourth-order valence-electron chi connectivity index (χ4n) is 3.74. The van der Waals surface area contributed by atoms with Gasteiger partial charge < -0.3 is 0 Å². The summed E-state index contributed by atoms with van der Waals surface area (Å²) in [5, 5.41) is 0. The average Bonchev–Trinajstić information content (AvgIpc) is 2.54. The maximum absolute atomic E-state index is 2.46. The van der Waals surface area contributed by atoms with Crippen LogP contribution in [-0.2, 0) is 0 Å². The van der Waals surface area contributed by atoms with Crippen LogP contribution >= 0.6 is 9.90 Å². The normalized spacial score (nSPS) is 11.4. The van der Waals surface area contributed by atoms with Crippen LogP contribution in [0.3, 0.4) is 0 Å². The van der Waals surface area contributed by atoms with Crippen molar-refractivity contribution in [3.63, 3.8) is 0 Å². The summed E-state index contributed by atoms with van der Waals surface area (Å²) in [6, 6.07) is 7.33.